The normalized spacial score (nSPS) is 29.6. The number of carbonyl (C=O) groups excluding carboxylic acids is 1. The number of aldehydes is 1. The number of carbonyl (C=O) groups is 1. The summed E-state index contributed by atoms with van der Waals surface area (Å²) < 4.78 is 0. The summed E-state index contributed by atoms with van der Waals surface area (Å²) in [6, 6.07) is 0. The molecular weight excluding hydrogens is 172 g/mol. The molecule has 1 nitrogen and oxygen atoms in total. The van der Waals surface area contributed by atoms with Gasteiger partial charge in [0.25, 0.3) is 0 Å². The van der Waals surface area contributed by atoms with Gasteiger partial charge in [-0.15, -0.1) is 0 Å². The molecule has 0 radical (unpaired) electrons. The highest BCUT2D eigenvalue weighted by Crippen LogP contribution is 2.14. The van der Waals surface area contributed by atoms with Gasteiger partial charge in [-0.3, -0.25) is 0 Å². The lowest BCUT2D eigenvalue weighted by Crippen LogP contribution is -2.01. The van der Waals surface area contributed by atoms with Crippen molar-refractivity contribution in [1.29, 1.82) is 0 Å². The fourth-order valence-corrected chi connectivity index (χ4v) is 1.75. The highest BCUT2D eigenvalue weighted by molar-refractivity contribution is 5.53. The van der Waals surface area contributed by atoms with Crippen LogP contribution in [0.25, 0.3) is 0 Å². The van der Waals surface area contributed by atoms with E-state index in [0.717, 1.165) is 51.2 Å². The zero-order chi connectivity index (χ0) is 10.1. The predicted octanol–water partition coefficient (Wildman–Crippen LogP) is 3.66. The van der Waals surface area contributed by atoms with E-state index in [-0.39, 0.29) is 5.92 Å². The molecule has 0 aromatic heterocycles. The summed E-state index contributed by atoms with van der Waals surface area (Å²) in [7, 11) is 0. The molecule has 1 heteroatoms. The molecule has 0 amide bonds. The minimum atomic E-state index is 0.285. The highest BCUT2D eigenvalue weighted by Gasteiger charge is 2.05. The van der Waals surface area contributed by atoms with Crippen LogP contribution in [-0.2, 0) is 4.79 Å². The number of allylic oxidation sites excluding steroid dienone is 4. The average Bonchev–Trinajstić information content (AvgIpc) is 2.19. The van der Waals surface area contributed by atoms with Gasteiger partial charge in [-0.2, -0.15) is 0 Å². The Labute approximate surface area is 86.9 Å². The van der Waals surface area contributed by atoms with Crippen molar-refractivity contribution in [3.63, 3.8) is 0 Å². The predicted molar refractivity (Wildman–Crippen MR) is 60.2 cm³/mol. The molecule has 0 aliphatic heterocycles. The van der Waals surface area contributed by atoms with Crippen LogP contribution < -0.4 is 0 Å². The molecule has 0 aromatic carbocycles. The summed E-state index contributed by atoms with van der Waals surface area (Å²) in [6.07, 6.45) is 17.8. The largest absolute Gasteiger partial charge is 0.303 e. The Hall–Kier alpha value is -0.850. The van der Waals surface area contributed by atoms with Crippen molar-refractivity contribution >= 4 is 6.29 Å². The molecule has 14 heavy (non-hydrogen) atoms. The minimum Gasteiger partial charge on any atom is -0.303 e. The maximum Gasteiger partial charge on any atom is 0.123 e. The smallest absolute Gasteiger partial charge is 0.123 e. The Morgan fingerprint density at radius 3 is 2.21 bits per heavy atom. The van der Waals surface area contributed by atoms with Crippen LogP contribution in [0.2, 0.25) is 0 Å². The van der Waals surface area contributed by atoms with Gasteiger partial charge in [0.1, 0.15) is 6.29 Å². The molecule has 1 rings (SSSR count). The zero-order valence-corrected chi connectivity index (χ0v) is 8.82. The Kier molecular flexibility index (Phi) is 6.05. The van der Waals surface area contributed by atoms with E-state index >= 15 is 0 Å². The van der Waals surface area contributed by atoms with Crippen LogP contribution >= 0.6 is 0 Å². The van der Waals surface area contributed by atoms with Crippen molar-refractivity contribution in [2.24, 2.45) is 5.92 Å². The van der Waals surface area contributed by atoms with Crippen molar-refractivity contribution in [3.8, 4) is 0 Å². The molecule has 1 unspecified atom stereocenters. The van der Waals surface area contributed by atoms with Crippen LogP contribution in [0.1, 0.15) is 44.9 Å². The van der Waals surface area contributed by atoms with Gasteiger partial charge in [0, 0.05) is 5.92 Å². The molecule has 0 bridgehead atoms. The first-order valence-electron chi connectivity index (χ1n) is 5.69. The molecule has 1 aliphatic rings. The van der Waals surface area contributed by atoms with Crippen LogP contribution in [0.3, 0.4) is 0 Å². The molecule has 0 heterocycles. The van der Waals surface area contributed by atoms with E-state index in [1.54, 1.807) is 0 Å². The van der Waals surface area contributed by atoms with E-state index in [1.165, 1.54) is 0 Å². The Morgan fingerprint density at radius 1 is 0.857 bits per heavy atom. The van der Waals surface area contributed by atoms with Crippen molar-refractivity contribution in [2.45, 2.75) is 44.9 Å². The van der Waals surface area contributed by atoms with Crippen LogP contribution in [0.4, 0.5) is 0 Å². The third-order valence-corrected chi connectivity index (χ3v) is 2.68. The monoisotopic (exact) mass is 192 g/mol. The summed E-state index contributed by atoms with van der Waals surface area (Å²) in [5.41, 5.74) is 0. The standard InChI is InChI=1S/C13H20O/c14-12-13-10-8-6-4-2-1-3-5-7-9-11-13/h2,4-5,7,12-13H,1,3,6,8-11H2/b4-2+,7-5+. The van der Waals surface area contributed by atoms with Crippen LogP contribution in [0.5, 0.6) is 0 Å². The quantitative estimate of drug-likeness (QED) is 0.457. The lowest BCUT2D eigenvalue weighted by atomic mass is 9.97. The molecule has 0 aromatic rings. The Balaban J connectivity index is 2.37. The van der Waals surface area contributed by atoms with E-state index < -0.39 is 0 Å². The fourth-order valence-electron chi connectivity index (χ4n) is 1.75. The molecule has 0 spiro atoms. The van der Waals surface area contributed by atoms with Gasteiger partial charge >= 0.3 is 0 Å². The maximum atomic E-state index is 10.7. The summed E-state index contributed by atoms with van der Waals surface area (Å²) in [4.78, 5) is 10.7. The summed E-state index contributed by atoms with van der Waals surface area (Å²) in [5, 5.41) is 0. The summed E-state index contributed by atoms with van der Waals surface area (Å²) in [5.74, 6) is 0.285. The third-order valence-electron chi connectivity index (χ3n) is 2.68. The first-order chi connectivity index (χ1) is 6.93. The zero-order valence-electron chi connectivity index (χ0n) is 8.82. The van der Waals surface area contributed by atoms with Crippen LogP contribution in [0.15, 0.2) is 24.3 Å². The first-order valence-corrected chi connectivity index (χ1v) is 5.69. The van der Waals surface area contributed by atoms with E-state index in [9.17, 15) is 4.79 Å². The van der Waals surface area contributed by atoms with Crippen LogP contribution in [-0.4, -0.2) is 6.29 Å². The van der Waals surface area contributed by atoms with Crippen LogP contribution in [0, 0.1) is 5.92 Å². The first kappa shape index (κ1) is 11.2. The van der Waals surface area contributed by atoms with Gasteiger partial charge in [0.2, 0.25) is 0 Å². The summed E-state index contributed by atoms with van der Waals surface area (Å²) >= 11 is 0. The van der Waals surface area contributed by atoms with Gasteiger partial charge in [-0.1, -0.05) is 24.3 Å². The van der Waals surface area contributed by atoms with Crippen molar-refractivity contribution in [3.05, 3.63) is 24.3 Å². The fraction of sp³-hybridized carbons (Fsp3) is 0.615. The van der Waals surface area contributed by atoms with Gasteiger partial charge in [-0.25, -0.2) is 0 Å². The molecule has 78 valence electrons. The van der Waals surface area contributed by atoms with Gasteiger partial charge in [0.15, 0.2) is 0 Å². The Morgan fingerprint density at radius 2 is 1.50 bits per heavy atom. The molecule has 0 fully saturated rings. The molecule has 0 saturated carbocycles. The SMILES string of the molecule is O=CC1CC/C=C/CC/C=C/CCC1. The van der Waals surface area contributed by atoms with Gasteiger partial charge in [-0.05, 0) is 44.9 Å². The molecule has 0 N–H and O–H groups in total. The number of hydrogen-bond donors (Lipinski definition) is 0. The highest BCUT2D eigenvalue weighted by atomic mass is 16.1. The van der Waals surface area contributed by atoms with E-state index in [2.05, 4.69) is 24.3 Å². The minimum absolute atomic E-state index is 0.285. The van der Waals surface area contributed by atoms with E-state index in [0.29, 0.717) is 0 Å². The van der Waals surface area contributed by atoms with E-state index in [1.807, 2.05) is 0 Å². The van der Waals surface area contributed by atoms with Gasteiger partial charge in [0.05, 0.1) is 0 Å². The number of hydrogen-bond acceptors (Lipinski definition) is 1. The van der Waals surface area contributed by atoms with Crippen molar-refractivity contribution in [2.75, 3.05) is 0 Å². The molecule has 1 aliphatic carbocycles. The second-order valence-corrected chi connectivity index (χ2v) is 3.92. The second kappa shape index (κ2) is 7.54. The molecule has 0 saturated heterocycles. The van der Waals surface area contributed by atoms with Crippen molar-refractivity contribution in [1.82, 2.24) is 0 Å². The molecule has 1 atom stereocenters. The topological polar surface area (TPSA) is 17.1 Å². The van der Waals surface area contributed by atoms with E-state index in [4.69, 9.17) is 0 Å². The van der Waals surface area contributed by atoms with Crippen molar-refractivity contribution < 1.29 is 4.79 Å². The summed E-state index contributed by atoms with van der Waals surface area (Å²) in [6.45, 7) is 0. The maximum absolute atomic E-state index is 10.7. The third kappa shape index (κ3) is 5.00. The lowest BCUT2D eigenvalue weighted by molar-refractivity contribution is -0.111. The lowest BCUT2D eigenvalue weighted by Gasteiger charge is -2.07. The Bertz CT molecular complexity index is 203. The molecular formula is C13H20O. The second-order valence-electron chi connectivity index (χ2n) is 3.92. The van der Waals surface area contributed by atoms with Gasteiger partial charge < -0.3 is 4.79 Å². The average molecular weight is 192 g/mol. The number of rotatable bonds is 1.